The summed E-state index contributed by atoms with van der Waals surface area (Å²) < 4.78 is 10.6. The zero-order valence-electron chi connectivity index (χ0n) is 12.1. The minimum Gasteiger partial charge on any atom is -0.423 e. The van der Waals surface area contributed by atoms with Crippen LogP contribution in [0.15, 0.2) is 27.4 Å². The molecule has 5 heteroatoms. The molecule has 1 aromatic carbocycles. The van der Waals surface area contributed by atoms with E-state index in [2.05, 4.69) is 5.32 Å². The number of hydrogen-bond acceptors (Lipinski definition) is 4. The van der Waals surface area contributed by atoms with Gasteiger partial charge >= 0.3 is 5.63 Å². The number of anilines is 1. The first-order valence-corrected chi connectivity index (χ1v) is 7.02. The maximum Gasteiger partial charge on any atom is 0.336 e. The molecule has 21 heavy (non-hydrogen) atoms. The number of aryl methyl sites for hydroxylation is 2. The predicted molar refractivity (Wildman–Crippen MR) is 79.6 cm³/mol. The summed E-state index contributed by atoms with van der Waals surface area (Å²) in [5.74, 6) is -0.120. The first-order valence-electron chi connectivity index (χ1n) is 7.02. The Labute approximate surface area is 121 Å². The Morgan fingerprint density at radius 1 is 1.24 bits per heavy atom. The summed E-state index contributed by atoms with van der Waals surface area (Å²) in [5.41, 5.74) is 2.57. The minimum absolute atomic E-state index is 0.120. The van der Waals surface area contributed by atoms with Crippen LogP contribution in [0.4, 0.5) is 5.69 Å². The maximum absolute atomic E-state index is 12.1. The fourth-order valence-corrected chi connectivity index (χ4v) is 2.60. The monoisotopic (exact) mass is 287 g/mol. The molecule has 1 aromatic heterocycles. The second-order valence-corrected chi connectivity index (χ2v) is 5.40. The summed E-state index contributed by atoms with van der Waals surface area (Å²) in [7, 11) is 0. The molecule has 1 N–H and O–H groups in total. The Bertz CT molecular complexity index is 757. The number of carbonyl (C=O) groups is 1. The number of ether oxygens (including phenoxy) is 1. The highest BCUT2D eigenvalue weighted by atomic mass is 16.5. The maximum atomic E-state index is 12.1. The summed E-state index contributed by atoms with van der Waals surface area (Å²) in [4.78, 5) is 23.5. The third-order valence-corrected chi connectivity index (χ3v) is 3.78. The van der Waals surface area contributed by atoms with Crippen molar-refractivity contribution in [1.82, 2.24) is 0 Å². The Hall–Kier alpha value is -2.14. The second kappa shape index (κ2) is 5.33. The van der Waals surface area contributed by atoms with Gasteiger partial charge in [0.15, 0.2) is 0 Å². The van der Waals surface area contributed by atoms with E-state index in [1.807, 2.05) is 19.9 Å². The van der Waals surface area contributed by atoms with Crippen molar-refractivity contribution in [2.45, 2.75) is 32.8 Å². The number of fused-ring (bicyclic) bond motifs is 1. The first kappa shape index (κ1) is 13.8. The van der Waals surface area contributed by atoms with Gasteiger partial charge in [-0.05, 0) is 49.9 Å². The van der Waals surface area contributed by atoms with Gasteiger partial charge < -0.3 is 14.5 Å². The van der Waals surface area contributed by atoms with Crippen molar-refractivity contribution < 1.29 is 13.9 Å². The Kier molecular flexibility index (Phi) is 3.51. The van der Waals surface area contributed by atoms with Crippen molar-refractivity contribution in [2.75, 3.05) is 11.9 Å². The number of nitrogens with one attached hydrogen (secondary N) is 1. The molecule has 1 fully saturated rings. The molecule has 110 valence electrons. The molecule has 0 aliphatic carbocycles. The van der Waals surface area contributed by atoms with Crippen LogP contribution in [-0.2, 0) is 9.53 Å². The fraction of sp³-hybridized carbons (Fsp3) is 0.375. The highest BCUT2D eigenvalue weighted by molar-refractivity contribution is 5.97. The Morgan fingerprint density at radius 2 is 2.05 bits per heavy atom. The van der Waals surface area contributed by atoms with E-state index in [1.54, 1.807) is 6.07 Å². The number of carbonyl (C=O) groups excluding carboxylic acids is 1. The molecule has 1 saturated heterocycles. The van der Waals surface area contributed by atoms with E-state index in [-0.39, 0.29) is 17.6 Å². The second-order valence-electron chi connectivity index (χ2n) is 5.40. The van der Waals surface area contributed by atoms with Crippen LogP contribution < -0.4 is 10.9 Å². The van der Waals surface area contributed by atoms with E-state index in [4.69, 9.17) is 9.15 Å². The van der Waals surface area contributed by atoms with Gasteiger partial charge in [0, 0.05) is 23.7 Å². The van der Waals surface area contributed by atoms with Gasteiger partial charge in [-0.2, -0.15) is 0 Å². The van der Waals surface area contributed by atoms with Gasteiger partial charge in [0.05, 0.1) is 0 Å². The number of amides is 1. The van der Waals surface area contributed by atoms with Crippen LogP contribution in [0.3, 0.4) is 0 Å². The van der Waals surface area contributed by atoms with Crippen LogP contribution in [0, 0.1) is 13.8 Å². The van der Waals surface area contributed by atoms with Gasteiger partial charge in [0.1, 0.15) is 11.7 Å². The first-order chi connectivity index (χ1) is 10.0. The Balaban J connectivity index is 1.97. The zero-order chi connectivity index (χ0) is 15.0. The summed E-state index contributed by atoms with van der Waals surface area (Å²) in [6.07, 6.45) is 1.31. The van der Waals surface area contributed by atoms with Crippen LogP contribution in [0.25, 0.3) is 11.0 Å². The van der Waals surface area contributed by atoms with E-state index < -0.39 is 0 Å². The summed E-state index contributed by atoms with van der Waals surface area (Å²) in [5, 5.41) is 3.72. The largest absolute Gasteiger partial charge is 0.423 e. The molecule has 0 unspecified atom stereocenters. The molecular weight excluding hydrogens is 270 g/mol. The smallest absolute Gasteiger partial charge is 0.336 e. The molecule has 1 amide bonds. The zero-order valence-corrected chi connectivity index (χ0v) is 12.1. The number of hydrogen-bond donors (Lipinski definition) is 1. The number of rotatable bonds is 2. The molecule has 1 aliphatic rings. The van der Waals surface area contributed by atoms with E-state index in [1.165, 1.54) is 6.07 Å². The quantitative estimate of drug-likeness (QED) is 0.862. The summed E-state index contributed by atoms with van der Waals surface area (Å²) in [6.45, 7) is 4.35. The van der Waals surface area contributed by atoms with Crippen LogP contribution in [-0.4, -0.2) is 18.6 Å². The fourth-order valence-electron chi connectivity index (χ4n) is 2.60. The lowest BCUT2D eigenvalue weighted by atomic mass is 10.1. The molecule has 2 aromatic rings. The van der Waals surface area contributed by atoms with Crippen molar-refractivity contribution in [3.8, 4) is 0 Å². The molecule has 1 aliphatic heterocycles. The molecular formula is C16H17NO4. The van der Waals surface area contributed by atoms with Crippen LogP contribution >= 0.6 is 0 Å². The van der Waals surface area contributed by atoms with Gasteiger partial charge in [-0.15, -0.1) is 0 Å². The SMILES string of the molecule is Cc1cc2oc(=O)cc(C)c2cc1NC(=O)[C@H]1CCCO1. The number of benzene rings is 1. The molecule has 5 nitrogen and oxygen atoms in total. The molecule has 0 bridgehead atoms. The topological polar surface area (TPSA) is 68.5 Å². The van der Waals surface area contributed by atoms with Gasteiger partial charge in [-0.25, -0.2) is 4.79 Å². The average Bonchev–Trinajstić information content (AvgIpc) is 2.94. The average molecular weight is 287 g/mol. The van der Waals surface area contributed by atoms with Crippen LogP contribution in [0.2, 0.25) is 0 Å². The molecule has 0 radical (unpaired) electrons. The standard InChI is InChI=1S/C16H17NO4/c1-9-7-15(18)21-14-6-10(2)12(8-11(9)14)17-16(19)13-4-3-5-20-13/h6-8,13H,3-5H2,1-2H3,(H,17,19)/t13-/m1/s1. The van der Waals surface area contributed by atoms with Gasteiger partial charge in [0.2, 0.25) is 0 Å². The van der Waals surface area contributed by atoms with Crippen molar-refractivity contribution in [1.29, 1.82) is 0 Å². The van der Waals surface area contributed by atoms with E-state index >= 15 is 0 Å². The van der Waals surface area contributed by atoms with E-state index in [0.717, 1.165) is 35.0 Å². The lowest BCUT2D eigenvalue weighted by Gasteiger charge is -2.13. The third kappa shape index (κ3) is 2.69. The third-order valence-electron chi connectivity index (χ3n) is 3.78. The van der Waals surface area contributed by atoms with Crippen LogP contribution in [0.1, 0.15) is 24.0 Å². The van der Waals surface area contributed by atoms with Gasteiger partial charge in [-0.3, -0.25) is 4.79 Å². The van der Waals surface area contributed by atoms with E-state index in [9.17, 15) is 9.59 Å². The summed E-state index contributed by atoms with van der Waals surface area (Å²) in [6, 6.07) is 5.06. The van der Waals surface area contributed by atoms with Gasteiger partial charge in [0.25, 0.3) is 5.91 Å². The lowest BCUT2D eigenvalue weighted by Crippen LogP contribution is -2.27. The highest BCUT2D eigenvalue weighted by Crippen LogP contribution is 2.25. The van der Waals surface area contributed by atoms with E-state index in [0.29, 0.717) is 12.2 Å². The molecule has 3 rings (SSSR count). The van der Waals surface area contributed by atoms with Gasteiger partial charge in [-0.1, -0.05) is 0 Å². The Morgan fingerprint density at radius 3 is 2.76 bits per heavy atom. The highest BCUT2D eigenvalue weighted by Gasteiger charge is 2.24. The predicted octanol–water partition coefficient (Wildman–Crippen LogP) is 2.53. The normalized spacial score (nSPS) is 18.1. The van der Waals surface area contributed by atoms with Crippen molar-refractivity contribution in [2.24, 2.45) is 0 Å². The lowest BCUT2D eigenvalue weighted by molar-refractivity contribution is -0.124. The van der Waals surface area contributed by atoms with Crippen molar-refractivity contribution in [3.63, 3.8) is 0 Å². The summed E-state index contributed by atoms with van der Waals surface area (Å²) >= 11 is 0. The minimum atomic E-state index is -0.366. The molecule has 0 spiro atoms. The van der Waals surface area contributed by atoms with Crippen molar-refractivity contribution >= 4 is 22.6 Å². The van der Waals surface area contributed by atoms with Crippen molar-refractivity contribution in [3.05, 3.63) is 39.7 Å². The molecule has 2 heterocycles. The van der Waals surface area contributed by atoms with Crippen LogP contribution in [0.5, 0.6) is 0 Å². The molecule has 0 saturated carbocycles. The molecule has 1 atom stereocenters.